The second kappa shape index (κ2) is 7.56. The fourth-order valence-corrected chi connectivity index (χ4v) is 7.01. The summed E-state index contributed by atoms with van der Waals surface area (Å²) in [5.74, 6) is 4.73. The molecule has 1 N–H and O–H groups in total. The van der Waals surface area contributed by atoms with Crippen LogP contribution in [0.15, 0.2) is 0 Å². The summed E-state index contributed by atoms with van der Waals surface area (Å²) in [6.07, 6.45) is 7.81. The highest BCUT2D eigenvalue weighted by Crippen LogP contribution is 2.41. The van der Waals surface area contributed by atoms with E-state index in [-0.39, 0.29) is 0 Å². The van der Waals surface area contributed by atoms with Crippen molar-refractivity contribution in [2.24, 2.45) is 17.8 Å². The highest BCUT2D eigenvalue weighted by molar-refractivity contribution is 7.19. The highest BCUT2D eigenvalue weighted by atomic mass is 32.1. The molecule has 0 amide bonds. The van der Waals surface area contributed by atoms with Gasteiger partial charge in [0.05, 0.1) is 18.5 Å². The van der Waals surface area contributed by atoms with Gasteiger partial charge >= 0.3 is 0 Å². The Morgan fingerprint density at radius 2 is 1.75 bits per heavy atom. The molecule has 152 valence electrons. The van der Waals surface area contributed by atoms with E-state index in [1.807, 2.05) is 11.3 Å². The molecule has 2 aromatic rings. The number of anilines is 1. The molecule has 5 heteroatoms. The van der Waals surface area contributed by atoms with Crippen LogP contribution in [0.3, 0.4) is 0 Å². The Kier molecular flexibility index (Phi) is 5.08. The smallest absolute Gasteiger partial charge is 0.187 e. The molecule has 0 saturated carbocycles. The van der Waals surface area contributed by atoms with Crippen molar-refractivity contribution in [1.29, 1.82) is 0 Å². The third kappa shape index (κ3) is 3.56. The van der Waals surface area contributed by atoms with Gasteiger partial charge in [0.1, 0.15) is 17.2 Å². The van der Waals surface area contributed by atoms with Gasteiger partial charge in [-0.3, -0.25) is 0 Å². The molecule has 2 fully saturated rings. The Morgan fingerprint density at radius 3 is 2.50 bits per heavy atom. The first-order valence-electron chi connectivity index (χ1n) is 11.5. The molecule has 4 nitrogen and oxygen atoms in total. The van der Waals surface area contributed by atoms with Gasteiger partial charge in [-0.05, 0) is 61.8 Å². The maximum absolute atomic E-state index is 5.26. The third-order valence-corrected chi connectivity index (χ3v) is 8.34. The Labute approximate surface area is 173 Å². The van der Waals surface area contributed by atoms with E-state index in [9.17, 15) is 0 Å². The molecule has 2 atom stereocenters. The zero-order chi connectivity index (χ0) is 19.3. The monoisotopic (exact) mass is 399 g/mol. The molecule has 3 aliphatic rings. The van der Waals surface area contributed by atoms with Crippen LogP contribution in [-0.4, -0.2) is 36.1 Å². The third-order valence-electron chi connectivity index (χ3n) is 7.15. The van der Waals surface area contributed by atoms with Crippen LogP contribution < -0.4 is 9.80 Å². The molecule has 4 heterocycles. The van der Waals surface area contributed by atoms with Gasteiger partial charge in [0.2, 0.25) is 0 Å². The second-order valence-electron chi connectivity index (χ2n) is 9.96. The van der Waals surface area contributed by atoms with Crippen LogP contribution in [0.4, 0.5) is 5.82 Å². The molecule has 0 unspecified atom stereocenters. The predicted octanol–water partition coefficient (Wildman–Crippen LogP) is 3.48. The first kappa shape index (κ1) is 18.8. The number of hydrogen-bond acceptors (Lipinski definition) is 4. The number of aryl methyl sites for hydroxylation is 2. The number of quaternary nitrogens is 1. The van der Waals surface area contributed by atoms with E-state index >= 15 is 0 Å². The number of aromatic nitrogens is 2. The van der Waals surface area contributed by atoms with E-state index in [1.54, 1.807) is 15.3 Å². The first-order valence-corrected chi connectivity index (χ1v) is 12.3. The molecule has 2 aliphatic heterocycles. The second-order valence-corrected chi connectivity index (χ2v) is 11.0. The summed E-state index contributed by atoms with van der Waals surface area (Å²) in [6, 6.07) is 0. The molecule has 0 spiro atoms. The average Bonchev–Trinajstić information content (AvgIpc) is 3.23. The molecule has 1 aliphatic carbocycles. The number of thiophene rings is 1. The summed E-state index contributed by atoms with van der Waals surface area (Å²) in [4.78, 5) is 17.5. The Morgan fingerprint density at radius 1 is 1.00 bits per heavy atom. The number of nitrogens with zero attached hydrogens (tertiary/aromatic N) is 3. The van der Waals surface area contributed by atoms with Crippen molar-refractivity contribution in [3.8, 4) is 0 Å². The maximum atomic E-state index is 5.26. The Hall–Kier alpha value is -1.20. The van der Waals surface area contributed by atoms with E-state index in [0.29, 0.717) is 0 Å². The summed E-state index contributed by atoms with van der Waals surface area (Å²) in [5.41, 5.74) is 1.58. The van der Waals surface area contributed by atoms with Gasteiger partial charge < -0.3 is 9.80 Å². The van der Waals surface area contributed by atoms with Gasteiger partial charge in [-0.25, -0.2) is 9.97 Å². The van der Waals surface area contributed by atoms with Gasteiger partial charge in [0, 0.05) is 18.0 Å². The number of fused-ring (bicyclic) bond motifs is 3. The van der Waals surface area contributed by atoms with Gasteiger partial charge in [0.15, 0.2) is 5.82 Å². The quantitative estimate of drug-likeness (QED) is 0.858. The molecule has 2 aromatic heterocycles. The lowest BCUT2D eigenvalue weighted by Crippen LogP contribution is -3.11. The van der Waals surface area contributed by atoms with Crippen molar-refractivity contribution in [3.05, 3.63) is 16.3 Å². The van der Waals surface area contributed by atoms with Crippen LogP contribution in [0, 0.1) is 17.8 Å². The summed E-state index contributed by atoms with van der Waals surface area (Å²) in [7, 11) is 0. The Balaban J connectivity index is 1.52. The molecule has 0 bridgehead atoms. The minimum atomic E-state index is 0.748. The number of piperidine rings is 2. The summed E-state index contributed by atoms with van der Waals surface area (Å²) >= 11 is 1.96. The van der Waals surface area contributed by atoms with Gasteiger partial charge in [-0.2, -0.15) is 0 Å². The molecule has 0 radical (unpaired) electrons. The largest absolute Gasteiger partial charge is 0.355 e. The van der Waals surface area contributed by atoms with Crippen LogP contribution in [0.2, 0.25) is 0 Å². The van der Waals surface area contributed by atoms with Crippen molar-refractivity contribution in [1.82, 2.24) is 9.97 Å². The van der Waals surface area contributed by atoms with E-state index in [4.69, 9.17) is 9.97 Å². The van der Waals surface area contributed by atoms with Crippen LogP contribution in [-0.2, 0) is 19.4 Å². The molecular weight excluding hydrogens is 364 g/mol. The van der Waals surface area contributed by atoms with Gasteiger partial charge in [-0.1, -0.05) is 20.8 Å². The van der Waals surface area contributed by atoms with Crippen molar-refractivity contribution in [3.63, 3.8) is 0 Å². The molecular formula is C23H35N4S+. The fraction of sp³-hybridized carbons (Fsp3) is 0.739. The SMILES string of the molecule is CC1CC[NH+](Cc2nc(N3C[C@@H](C)C[C@H](C)C3)c3c4c(sc3n2)CCC4)CC1. The zero-order valence-electron chi connectivity index (χ0n) is 17.8. The maximum Gasteiger partial charge on any atom is 0.187 e. The highest BCUT2D eigenvalue weighted by Gasteiger charge is 2.29. The average molecular weight is 400 g/mol. The van der Waals surface area contributed by atoms with E-state index in [1.165, 1.54) is 67.6 Å². The molecule has 5 rings (SSSR count). The minimum absolute atomic E-state index is 0.748. The number of likely N-dealkylation sites (tertiary alicyclic amines) is 1. The molecule has 0 aromatic carbocycles. The molecule has 2 saturated heterocycles. The standard InChI is InChI=1S/C23H34N4S/c1-15-7-9-26(10-8-15)14-20-24-22(27-12-16(2)11-17(3)13-27)21-18-5-4-6-19(18)28-23(21)25-20/h15-17H,4-14H2,1-3H3/p+1/t16-,17-/m0/s1. The van der Waals surface area contributed by atoms with Crippen LogP contribution in [0.1, 0.15) is 62.7 Å². The van der Waals surface area contributed by atoms with Crippen molar-refractivity contribution in [2.45, 2.75) is 65.8 Å². The summed E-state index contributed by atoms with van der Waals surface area (Å²) < 4.78 is 0. The predicted molar refractivity (Wildman–Crippen MR) is 117 cm³/mol. The lowest BCUT2D eigenvalue weighted by atomic mass is 9.91. The van der Waals surface area contributed by atoms with Crippen molar-refractivity contribution in [2.75, 3.05) is 31.1 Å². The minimum Gasteiger partial charge on any atom is -0.355 e. The van der Waals surface area contributed by atoms with E-state index in [0.717, 1.165) is 43.2 Å². The number of rotatable bonds is 3. The lowest BCUT2D eigenvalue weighted by Gasteiger charge is -2.36. The van der Waals surface area contributed by atoms with Crippen molar-refractivity contribution < 1.29 is 4.90 Å². The lowest BCUT2D eigenvalue weighted by molar-refractivity contribution is -0.920. The first-order chi connectivity index (χ1) is 13.6. The van der Waals surface area contributed by atoms with Crippen LogP contribution in [0.5, 0.6) is 0 Å². The fourth-order valence-electron chi connectivity index (χ4n) is 5.73. The Bertz CT molecular complexity index is 842. The van der Waals surface area contributed by atoms with E-state index < -0.39 is 0 Å². The molecule has 28 heavy (non-hydrogen) atoms. The normalized spacial score (nSPS) is 30.8. The van der Waals surface area contributed by atoms with E-state index in [2.05, 4.69) is 25.7 Å². The van der Waals surface area contributed by atoms with Crippen LogP contribution >= 0.6 is 11.3 Å². The van der Waals surface area contributed by atoms with Gasteiger partial charge in [-0.15, -0.1) is 11.3 Å². The zero-order valence-corrected chi connectivity index (χ0v) is 18.6. The number of nitrogens with one attached hydrogen (secondary N) is 1. The summed E-state index contributed by atoms with van der Waals surface area (Å²) in [6.45, 7) is 13.0. The number of hydrogen-bond donors (Lipinski definition) is 1. The van der Waals surface area contributed by atoms with Crippen LogP contribution in [0.25, 0.3) is 10.2 Å². The topological polar surface area (TPSA) is 33.5 Å². The van der Waals surface area contributed by atoms with Crippen molar-refractivity contribution >= 4 is 27.4 Å². The van der Waals surface area contributed by atoms with Gasteiger partial charge in [0.25, 0.3) is 0 Å². The summed E-state index contributed by atoms with van der Waals surface area (Å²) in [5, 5.41) is 1.41.